The van der Waals surface area contributed by atoms with Crippen molar-refractivity contribution in [2.45, 2.75) is 19.5 Å². The molecule has 2 rings (SSSR count). The number of pyridine rings is 1. The normalized spacial score (nSPS) is 12.6. The Bertz CT molecular complexity index is 575. The highest BCUT2D eigenvalue weighted by molar-refractivity contribution is 9.13. The highest BCUT2D eigenvalue weighted by Crippen LogP contribution is 2.29. The lowest BCUT2D eigenvalue weighted by Crippen LogP contribution is -2.33. The van der Waals surface area contributed by atoms with Crippen molar-refractivity contribution in [3.05, 3.63) is 62.8 Å². The number of halogens is 2. The molecule has 0 fully saturated rings. The molecule has 0 saturated heterocycles. The summed E-state index contributed by atoms with van der Waals surface area (Å²) in [6.07, 6.45) is 3.66. The fourth-order valence-electron chi connectivity index (χ4n) is 2.38. The van der Waals surface area contributed by atoms with E-state index in [2.05, 4.69) is 66.9 Å². The SMILES string of the molecule is CCN(Cc1ccncc1)C(CN)c1ccc(Br)c(Br)c1. The number of likely N-dealkylation sites (N-methyl/N-ethyl adjacent to an activating group) is 1. The molecule has 0 bridgehead atoms. The van der Waals surface area contributed by atoms with Gasteiger partial charge in [-0.2, -0.15) is 0 Å². The summed E-state index contributed by atoms with van der Waals surface area (Å²) < 4.78 is 2.11. The van der Waals surface area contributed by atoms with Gasteiger partial charge in [0.05, 0.1) is 0 Å². The fraction of sp³-hybridized carbons (Fsp3) is 0.312. The average Bonchev–Trinajstić information content (AvgIpc) is 2.51. The summed E-state index contributed by atoms with van der Waals surface area (Å²) in [7, 11) is 0. The molecule has 21 heavy (non-hydrogen) atoms. The van der Waals surface area contributed by atoms with E-state index in [1.807, 2.05) is 24.5 Å². The summed E-state index contributed by atoms with van der Waals surface area (Å²) in [5, 5.41) is 0. The van der Waals surface area contributed by atoms with Crippen LogP contribution in [0.2, 0.25) is 0 Å². The standard InChI is InChI=1S/C16H19Br2N3/c1-2-21(11-12-5-7-20-8-6-12)16(10-19)13-3-4-14(17)15(18)9-13/h3-9,16H,2,10-11,19H2,1H3. The fourth-order valence-corrected chi connectivity index (χ4v) is 3.02. The van der Waals surface area contributed by atoms with Gasteiger partial charge in [-0.05, 0) is 73.8 Å². The van der Waals surface area contributed by atoms with Gasteiger partial charge >= 0.3 is 0 Å². The quantitative estimate of drug-likeness (QED) is 0.775. The predicted molar refractivity (Wildman–Crippen MR) is 94.0 cm³/mol. The lowest BCUT2D eigenvalue weighted by molar-refractivity contribution is 0.203. The first-order chi connectivity index (χ1) is 10.2. The Labute approximate surface area is 142 Å². The maximum atomic E-state index is 6.04. The van der Waals surface area contributed by atoms with E-state index in [1.54, 1.807) is 0 Å². The van der Waals surface area contributed by atoms with Gasteiger partial charge in [0.25, 0.3) is 0 Å². The van der Waals surface area contributed by atoms with Gasteiger partial charge in [-0.15, -0.1) is 0 Å². The Morgan fingerprint density at radius 1 is 1.14 bits per heavy atom. The second-order valence-electron chi connectivity index (χ2n) is 4.84. The molecular formula is C16H19Br2N3. The molecule has 0 aliphatic rings. The maximum Gasteiger partial charge on any atom is 0.0474 e. The van der Waals surface area contributed by atoms with Gasteiger partial charge in [0, 0.05) is 40.5 Å². The molecule has 1 aromatic carbocycles. The zero-order chi connectivity index (χ0) is 15.2. The van der Waals surface area contributed by atoms with Gasteiger partial charge in [-0.3, -0.25) is 9.88 Å². The first-order valence-electron chi connectivity index (χ1n) is 6.93. The smallest absolute Gasteiger partial charge is 0.0474 e. The van der Waals surface area contributed by atoms with Crippen molar-refractivity contribution in [3.63, 3.8) is 0 Å². The van der Waals surface area contributed by atoms with E-state index in [-0.39, 0.29) is 6.04 Å². The molecule has 1 atom stereocenters. The zero-order valence-electron chi connectivity index (χ0n) is 12.0. The van der Waals surface area contributed by atoms with Crippen LogP contribution in [0.1, 0.15) is 24.1 Å². The van der Waals surface area contributed by atoms with E-state index in [1.165, 1.54) is 11.1 Å². The van der Waals surface area contributed by atoms with Crippen LogP contribution in [0.5, 0.6) is 0 Å². The van der Waals surface area contributed by atoms with Gasteiger partial charge < -0.3 is 5.73 Å². The molecule has 0 amide bonds. The molecule has 112 valence electrons. The Balaban J connectivity index is 2.22. The van der Waals surface area contributed by atoms with Crippen molar-refractivity contribution < 1.29 is 0 Å². The molecule has 0 aliphatic heterocycles. The third kappa shape index (κ3) is 4.36. The van der Waals surface area contributed by atoms with Gasteiger partial charge in [0.1, 0.15) is 0 Å². The van der Waals surface area contributed by atoms with Gasteiger partial charge in [0.2, 0.25) is 0 Å². The van der Waals surface area contributed by atoms with Crippen molar-refractivity contribution in [1.29, 1.82) is 0 Å². The third-order valence-corrected chi connectivity index (χ3v) is 5.41. The first-order valence-corrected chi connectivity index (χ1v) is 8.52. The van der Waals surface area contributed by atoms with Crippen LogP contribution in [-0.4, -0.2) is 23.0 Å². The molecule has 2 N–H and O–H groups in total. The van der Waals surface area contributed by atoms with Crippen LogP contribution in [0, 0.1) is 0 Å². The molecule has 1 unspecified atom stereocenters. The number of hydrogen-bond acceptors (Lipinski definition) is 3. The van der Waals surface area contributed by atoms with Crippen LogP contribution in [0.4, 0.5) is 0 Å². The lowest BCUT2D eigenvalue weighted by Gasteiger charge is -2.30. The zero-order valence-corrected chi connectivity index (χ0v) is 15.1. The topological polar surface area (TPSA) is 42.2 Å². The van der Waals surface area contributed by atoms with Gasteiger partial charge in [-0.1, -0.05) is 13.0 Å². The van der Waals surface area contributed by atoms with Crippen molar-refractivity contribution in [2.75, 3.05) is 13.1 Å². The molecule has 0 radical (unpaired) electrons. The third-order valence-electron chi connectivity index (χ3n) is 3.53. The molecule has 3 nitrogen and oxygen atoms in total. The molecule has 0 aliphatic carbocycles. The Kier molecular flexibility index (Phi) is 6.36. The summed E-state index contributed by atoms with van der Waals surface area (Å²) in [6, 6.07) is 10.6. The summed E-state index contributed by atoms with van der Waals surface area (Å²) in [5.41, 5.74) is 8.52. The molecular weight excluding hydrogens is 394 g/mol. The number of nitrogens with zero attached hydrogens (tertiary/aromatic N) is 2. The van der Waals surface area contributed by atoms with Crippen molar-refractivity contribution >= 4 is 31.9 Å². The summed E-state index contributed by atoms with van der Waals surface area (Å²) in [5.74, 6) is 0. The van der Waals surface area contributed by atoms with Crippen LogP contribution < -0.4 is 5.73 Å². The molecule has 0 saturated carbocycles. The van der Waals surface area contributed by atoms with E-state index in [9.17, 15) is 0 Å². The highest BCUT2D eigenvalue weighted by Gasteiger charge is 2.18. The second-order valence-corrected chi connectivity index (χ2v) is 6.55. The summed E-state index contributed by atoms with van der Waals surface area (Å²) in [4.78, 5) is 6.45. The van der Waals surface area contributed by atoms with E-state index < -0.39 is 0 Å². The largest absolute Gasteiger partial charge is 0.329 e. The number of rotatable bonds is 6. The Morgan fingerprint density at radius 2 is 1.86 bits per heavy atom. The van der Waals surface area contributed by atoms with Gasteiger partial charge in [0.15, 0.2) is 0 Å². The Morgan fingerprint density at radius 3 is 2.43 bits per heavy atom. The van der Waals surface area contributed by atoms with E-state index >= 15 is 0 Å². The minimum atomic E-state index is 0.201. The molecule has 2 aromatic rings. The molecule has 1 aromatic heterocycles. The number of aromatic nitrogens is 1. The number of hydrogen-bond donors (Lipinski definition) is 1. The maximum absolute atomic E-state index is 6.04. The van der Waals surface area contributed by atoms with Crippen molar-refractivity contribution in [1.82, 2.24) is 9.88 Å². The van der Waals surface area contributed by atoms with E-state index in [0.717, 1.165) is 22.0 Å². The lowest BCUT2D eigenvalue weighted by atomic mass is 10.0. The second kappa shape index (κ2) is 8.03. The van der Waals surface area contributed by atoms with E-state index in [4.69, 9.17) is 5.73 Å². The predicted octanol–water partition coefficient (Wildman–Crippen LogP) is 4.13. The summed E-state index contributed by atoms with van der Waals surface area (Å²) in [6.45, 7) is 4.57. The number of nitrogens with two attached hydrogens (primary N) is 1. The monoisotopic (exact) mass is 411 g/mol. The van der Waals surface area contributed by atoms with Crippen molar-refractivity contribution in [3.8, 4) is 0 Å². The molecule has 1 heterocycles. The van der Waals surface area contributed by atoms with Crippen LogP contribution in [0.25, 0.3) is 0 Å². The van der Waals surface area contributed by atoms with Crippen LogP contribution in [-0.2, 0) is 6.54 Å². The van der Waals surface area contributed by atoms with Crippen LogP contribution in [0.15, 0.2) is 51.7 Å². The van der Waals surface area contributed by atoms with Crippen molar-refractivity contribution in [2.24, 2.45) is 5.73 Å². The molecule has 5 heteroatoms. The Hall–Kier alpha value is -0.750. The average molecular weight is 413 g/mol. The number of benzene rings is 1. The minimum absolute atomic E-state index is 0.201. The highest BCUT2D eigenvalue weighted by atomic mass is 79.9. The van der Waals surface area contributed by atoms with Crippen LogP contribution in [0.3, 0.4) is 0 Å². The molecule has 0 spiro atoms. The first kappa shape index (κ1) is 16.6. The van der Waals surface area contributed by atoms with Gasteiger partial charge in [-0.25, -0.2) is 0 Å². The summed E-state index contributed by atoms with van der Waals surface area (Å²) >= 11 is 7.08. The van der Waals surface area contributed by atoms with Crippen LogP contribution >= 0.6 is 31.9 Å². The minimum Gasteiger partial charge on any atom is -0.329 e. The van der Waals surface area contributed by atoms with E-state index in [0.29, 0.717) is 6.54 Å².